The van der Waals surface area contributed by atoms with Crippen LogP contribution in [0.15, 0.2) is 28.1 Å². The highest BCUT2D eigenvalue weighted by molar-refractivity contribution is 7.90. The number of aryl methyl sites for hydroxylation is 1. The van der Waals surface area contributed by atoms with Crippen molar-refractivity contribution in [3.8, 4) is 0 Å². The first kappa shape index (κ1) is 20.2. The molecule has 0 heterocycles. The largest absolute Gasteiger partial charge is 0.357 e. The Labute approximate surface area is 164 Å². The van der Waals surface area contributed by atoms with Crippen molar-refractivity contribution < 1.29 is 8.42 Å². The highest BCUT2D eigenvalue weighted by atomic mass is 32.2. The number of sulfone groups is 1. The van der Waals surface area contributed by atoms with Crippen molar-refractivity contribution in [3.63, 3.8) is 0 Å². The molecule has 2 fully saturated rings. The number of aliphatic imine (C=N–C) groups is 1. The number of guanidine groups is 1. The maximum absolute atomic E-state index is 11.7. The van der Waals surface area contributed by atoms with Crippen LogP contribution in [0, 0.1) is 24.7 Å². The summed E-state index contributed by atoms with van der Waals surface area (Å²) >= 11 is 0. The summed E-state index contributed by atoms with van der Waals surface area (Å²) in [7, 11) is -3.17. The molecule has 5 nitrogen and oxygen atoms in total. The number of rotatable bonds is 7. The Morgan fingerprint density at radius 2 is 2.04 bits per heavy atom. The summed E-state index contributed by atoms with van der Waals surface area (Å²) in [4.78, 5) is 5.07. The second-order valence-corrected chi connectivity index (χ2v) is 10.2. The molecule has 150 valence electrons. The second-order valence-electron chi connectivity index (χ2n) is 8.22. The van der Waals surface area contributed by atoms with Crippen molar-refractivity contribution in [1.29, 1.82) is 0 Å². The number of nitrogens with zero attached hydrogens (tertiary/aromatic N) is 1. The van der Waals surface area contributed by atoms with Gasteiger partial charge in [-0.1, -0.05) is 18.6 Å². The number of hydrogen-bond donors (Lipinski definition) is 2. The van der Waals surface area contributed by atoms with Gasteiger partial charge in [-0.3, -0.25) is 0 Å². The molecular formula is C21H33N3O2S. The number of nitrogens with one attached hydrogen (secondary N) is 2. The molecule has 27 heavy (non-hydrogen) atoms. The number of hydrogen-bond acceptors (Lipinski definition) is 3. The fourth-order valence-corrected chi connectivity index (χ4v) is 5.80. The summed E-state index contributed by atoms with van der Waals surface area (Å²) in [5.41, 5.74) is 1.80. The van der Waals surface area contributed by atoms with Crippen LogP contribution in [-0.2, 0) is 16.4 Å². The molecule has 1 aromatic carbocycles. The number of benzene rings is 1. The molecule has 0 saturated heterocycles. The van der Waals surface area contributed by atoms with Gasteiger partial charge < -0.3 is 10.6 Å². The Morgan fingerprint density at radius 3 is 2.63 bits per heavy atom. The summed E-state index contributed by atoms with van der Waals surface area (Å²) < 4.78 is 23.5. The molecule has 2 bridgehead atoms. The first-order chi connectivity index (χ1) is 12.9. The van der Waals surface area contributed by atoms with Crippen LogP contribution < -0.4 is 10.6 Å². The van der Waals surface area contributed by atoms with Gasteiger partial charge in [0.05, 0.1) is 11.4 Å². The lowest BCUT2D eigenvalue weighted by Gasteiger charge is -2.22. The second kappa shape index (κ2) is 8.63. The highest BCUT2D eigenvalue weighted by Crippen LogP contribution is 2.49. The van der Waals surface area contributed by atoms with E-state index < -0.39 is 9.84 Å². The topological polar surface area (TPSA) is 70.6 Å². The van der Waals surface area contributed by atoms with Crippen molar-refractivity contribution >= 4 is 15.8 Å². The first-order valence-electron chi connectivity index (χ1n) is 10.2. The molecule has 2 aliphatic carbocycles. The third-order valence-electron chi connectivity index (χ3n) is 6.09. The molecule has 2 saturated carbocycles. The van der Waals surface area contributed by atoms with Crippen LogP contribution in [0.5, 0.6) is 0 Å². The first-order valence-corrected chi connectivity index (χ1v) is 12.1. The van der Waals surface area contributed by atoms with Crippen LogP contribution >= 0.6 is 0 Å². The van der Waals surface area contributed by atoms with Gasteiger partial charge in [-0.2, -0.15) is 0 Å². The van der Waals surface area contributed by atoms with Gasteiger partial charge in [0.25, 0.3) is 0 Å². The third kappa shape index (κ3) is 5.24. The zero-order chi connectivity index (χ0) is 19.4. The van der Waals surface area contributed by atoms with Gasteiger partial charge >= 0.3 is 0 Å². The predicted octanol–water partition coefficient (Wildman–Crippen LogP) is 3.28. The van der Waals surface area contributed by atoms with Crippen molar-refractivity contribution in [3.05, 3.63) is 29.3 Å². The third-order valence-corrected chi connectivity index (χ3v) is 7.35. The van der Waals surface area contributed by atoms with Gasteiger partial charge in [0.15, 0.2) is 15.8 Å². The molecular weight excluding hydrogens is 358 g/mol. The van der Waals surface area contributed by atoms with E-state index in [0.717, 1.165) is 47.9 Å². The molecule has 2 N–H and O–H groups in total. The van der Waals surface area contributed by atoms with Crippen molar-refractivity contribution in [2.24, 2.45) is 22.7 Å². The lowest BCUT2D eigenvalue weighted by atomic mass is 9.86. The predicted molar refractivity (Wildman–Crippen MR) is 111 cm³/mol. The van der Waals surface area contributed by atoms with Crippen LogP contribution in [0.4, 0.5) is 0 Å². The Kier molecular flexibility index (Phi) is 6.45. The molecule has 2 aliphatic rings. The molecule has 0 radical (unpaired) electrons. The molecule has 0 spiro atoms. The van der Waals surface area contributed by atoms with Gasteiger partial charge in [0, 0.05) is 19.3 Å². The van der Waals surface area contributed by atoms with E-state index in [1.165, 1.54) is 38.4 Å². The summed E-state index contributed by atoms with van der Waals surface area (Å²) in [6.07, 6.45) is 8.25. The van der Waals surface area contributed by atoms with Gasteiger partial charge in [-0.05, 0) is 74.5 Å². The lowest BCUT2D eigenvalue weighted by molar-refractivity contribution is 0.315. The molecule has 0 amide bonds. The fraction of sp³-hybridized carbons (Fsp3) is 0.667. The van der Waals surface area contributed by atoms with Gasteiger partial charge in [0.1, 0.15) is 0 Å². The molecule has 1 aromatic rings. The van der Waals surface area contributed by atoms with E-state index in [4.69, 9.17) is 0 Å². The van der Waals surface area contributed by atoms with Crippen LogP contribution in [0.3, 0.4) is 0 Å². The monoisotopic (exact) mass is 391 g/mol. The van der Waals surface area contributed by atoms with Crippen molar-refractivity contribution in [2.45, 2.75) is 57.4 Å². The summed E-state index contributed by atoms with van der Waals surface area (Å²) in [6, 6.07) is 5.45. The van der Waals surface area contributed by atoms with E-state index in [1.54, 1.807) is 6.07 Å². The molecule has 3 unspecified atom stereocenters. The fourth-order valence-electron chi connectivity index (χ4n) is 4.84. The van der Waals surface area contributed by atoms with Gasteiger partial charge in [-0.15, -0.1) is 0 Å². The van der Waals surface area contributed by atoms with E-state index >= 15 is 0 Å². The molecule has 0 aliphatic heterocycles. The summed E-state index contributed by atoms with van der Waals surface area (Å²) in [5.74, 6) is 3.70. The van der Waals surface area contributed by atoms with E-state index in [9.17, 15) is 8.42 Å². The van der Waals surface area contributed by atoms with E-state index in [2.05, 4.69) is 22.5 Å². The van der Waals surface area contributed by atoms with Crippen LogP contribution in [-0.4, -0.2) is 33.7 Å². The number of fused-ring (bicyclic) bond motifs is 2. The smallest absolute Gasteiger partial charge is 0.191 e. The maximum atomic E-state index is 11.7. The van der Waals surface area contributed by atoms with Crippen LogP contribution in [0.2, 0.25) is 0 Å². The summed E-state index contributed by atoms with van der Waals surface area (Å²) in [6.45, 7) is 6.23. The SMILES string of the molecule is CCNC(=NCc1ccc(S(C)(=O)=O)c(C)c1)NCCC1CC2CCC1C2. The quantitative estimate of drug-likeness (QED) is 0.553. The average Bonchev–Trinajstić information content (AvgIpc) is 3.21. The minimum atomic E-state index is -3.17. The summed E-state index contributed by atoms with van der Waals surface area (Å²) in [5, 5.41) is 6.78. The minimum absolute atomic E-state index is 0.395. The van der Waals surface area contributed by atoms with E-state index in [0.29, 0.717) is 11.4 Å². The molecule has 0 aromatic heterocycles. The molecule has 3 atom stereocenters. The zero-order valence-electron chi connectivity index (χ0n) is 16.8. The van der Waals surface area contributed by atoms with Gasteiger partial charge in [0.2, 0.25) is 0 Å². The van der Waals surface area contributed by atoms with E-state index in [1.807, 2.05) is 19.1 Å². The van der Waals surface area contributed by atoms with Crippen LogP contribution in [0.25, 0.3) is 0 Å². The minimum Gasteiger partial charge on any atom is -0.357 e. The maximum Gasteiger partial charge on any atom is 0.191 e. The Balaban J connectivity index is 1.54. The molecule has 6 heteroatoms. The molecule has 3 rings (SSSR count). The van der Waals surface area contributed by atoms with Crippen LogP contribution in [0.1, 0.15) is 50.2 Å². The Bertz CT molecular complexity index is 789. The lowest BCUT2D eigenvalue weighted by Crippen LogP contribution is -2.38. The zero-order valence-corrected chi connectivity index (χ0v) is 17.6. The highest BCUT2D eigenvalue weighted by Gasteiger charge is 2.38. The normalized spacial score (nSPS) is 25.0. The van der Waals surface area contributed by atoms with Crippen molar-refractivity contribution in [2.75, 3.05) is 19.3 Å². The van der Waals surface area contributed by atoms with Crippen molar-refractivity contribution in [1.82, 2.24) is 10.6 Å². The Hall–Kier alpha value is -1.56. The average molecular weight is 392 g/mol. The van der Waals surface area contributed by atoms with Gasteiger partial charge in [-0.25, -0.2) is 13.4 Å². The standard InChI is InChI=1S/C21H33N3O2S/c1-4-22-21(23-10-9-19-13-16-5-7-18(19)12-16)24-14-17-6-8-20(15(2)11-17)27(3,25)26/h6,8,11,16,18-19H,4-5,7,9-10,12-14H2,1-3H3,(H2,22,23,24). The Morgan fingerprint density at radius 1 is 1.22 bits per heavy atom. The van der Waals surface area contributed by atoms with E-state index in [-0.39, 0.29) is 0 Å².